The topological polar surface area (TPSA) is 75.6 Å². The van der Waals surface area contributed by atoms with Crippen molar-refractivity contribution in [1.29, 1.82) is 0 Å². The van der Waals surface area contributed by atoms with Crippen LogP contribution in [0.15, 0.2) is 54.9 Å². The molecule has 0 aliphatic carbocycles. The number of aromatic nitrogens is 4. The Kier molecular flexibility index (Phi) is 4.37. The molecule has 136 valence electrons. The first-order chi connectivity index (χ1) is 13.1. The van der Waals surface area contributed by atoms with Gasteiger partial charge in [-0.25, -0.2) is 8.78 Å². The summed E-state index contributed by atoms with van der Waals surface area (Å²) in [6.07, 6.45) is 3.46. The second-order valence-electron chi connectivity index (χ2n) is 6.13. The molecule has 4 rings (SSSR count). The Bertz CT molecular complexity index is 1120. The third-order valence-corrected chi connectivity index (χ3v) is 4.10. The van der Waals surface area contributed by atoms with Gasteiger partial charge in [0.1, 0.15) is 0 Å². The van der Waals surface area contributed by atoms with E-state index in [0.717, 1.165) is 28.6 Å². The zero-order chi connectivity index (χ0) is 18.8. The summed E-state index contributed by atoms with van der Waals surface area (Å²) in [7, 11) is 0. The summed E-state index contributed by atoms with van der Waals surface area (Å²) in [5.41, 5.74) is 2.36. The Labute approximate surface area is 152 Å². The number of halogens is 2. The van der Waals surface area contributed by atoms with E-state index in [-0.39, 0.29) is 18.9 Å². The van der Waals surface area contributed by atoms with Gasteiger partial charge in [0.15, 0.2) is 17.5 Å². The van der Waals surface area contributed by atoms with E-state index in [0.29, 0.717) is 11.4 Å². The number of amides is 1. The van der Waals surface area contributed by atoms with Crippen molar-refractivity contribution in [1.82, 2.24) is 20.0 Å². The largest absolute Gasteiger partial charge is 0.361 e. The van der Waals surface area contributed by atoms with Crippen LogP contribution in [0.25, 0.3) is 10.9 Å². The van der Waals surface area contributed by atoms with Crippen LogP contribution in [-0.4, -0.2) is 25.9 Å². The summed E-state index contributed by atoms with van der Waals surface area (Å²) in [4.78, 5) is 16.6. The van der Waals surface area contributed by atoms with E-state index in [1.165, 1.54) is 17.1 Å². The second kappa shape index (κ2) is 6.99. The molecule has 8 heteroatoms. The van der Waals surface area contributed by atoms with Gasteiger partial charge in [-0.3, -0.25) is 4.79 Å². The molecule has 0 atom stereocenters. The van der Waals surface area contributed by atoms with E-state index in [1.54, 1.807) is 0 Å². The average Bonchev–Trinajstić information content (AvgIpc) is 3.27. The quantitative estimate of drug-likeness (QED) is 0.568. The van der Waals surface area contributed by atoms with Crippen LogP contribution in [0.2, 0.25) is 0 Å². The third-order valence-electron chi connectivity index (χ3n) is 4.10. The maximum atomic E-state index is 13.3. The van der Waals surface area contributed by atoms with Gasteiger partial charge in [0, 0.05) is 11.7 Å². The Balaban J connectivity index is 1.39. The SMILES string of the molecule is O=C(Cc1ccc2cc[nH]c2c1)Nc1cnn(Cc2ccc(F)c(F)c2)n1. The van der Waals surface area contributed by atoms with E-state index in [1.807, 2.05) is 30.5 Å². The van der Waals surface area contributed by atoms with Crippen LogP contribution in [0.3, 0.4) is 0 Å². The minimum atomic E-state index is -0.924. The van der Waals surface area contributed by atoms with Gasteiger partial charge < -0.3 is 10.3 Å². The second-order valence-corrected chi connectivity index (χ2v) is 6.13. The van der Waals surface area contributed by atoms with Crippen molar-refractivity contribution in [3.05, 3.63) is 77.6 Å². The number of H-pyrrole nitrogens is 1. The predicted octanol–water partition coefficient (Wildman–Crippen LogP) is 3.27. The van der Waals surface area contributed by atoms with Crippen LogP contribution >= 0.6 is 0 Å². The zero-order valence-electron chi connectivity index (χ0n) is 14.1. The van der Waals surface area contributed by atoms with Crippen LogP contribution in [-0.2, 0) is 17.8 Å². The number of benzene rings is 2. The van der Waals surface area contributed by atoms with Gasteiger partial charge >= 0.3 is 0 Å². The summed E-state index contributed by atoms with van der Waals surface area (Å²) in [6, 6.07) is 11.3. The summed E-state index contributed by atoms with van der Waals surface area (Å²) in [6.45, 7) is 0.163. The summed E-state index contributed by atoms with van der Waals surface area (Å²) in [5, 5.41) is 11.9. The number of hydrogen-bond acceptors (Lipinski definition) is 3. The summed E-state index contributed by atoms with van der Waals surface area (Å²) < 4.78 is 26.2. The monoisotopic (exact) mass is 367 g/mol. The predicted molar refractivity (Wildman–Crippen MR) is 96.1 cm³/mol. The van der Waals surface area contributed by atoms with Gasteiger partial charge in [0.2, 0.25) is 5.91 Å². The number of carbonyl (C=O) groups excluding carboxylic acids is 1. The maximum absolute atomic E-state index is 13.3. The molecule has 0 saturated carbocycles. The molecule has 4 aromatic rings. The minimum absolute atomic E-state index is 0.163. The van der Waals surface area contributed by atoms with Gasteiger partial charge in [-0.05, 0) is 40.8 Å². The first kappa shape index (κ1) is 16.9. The molecule has 2 aromatic heterocycles. The smallest absolute Gasteiger partial charge is 0.230 e. The molecule has 0 radical (unpaired) electrons. The highest BCUT2D eigenvalue weighted by atomic mass is 19.2. The van der Waals surface area contributed by atoms with Crippen molar-refractivity contribution in [2.45, 2.75) is 13.0 Å². The Morgan fingerprint density at radius 3 is 2.78 bits per heavy atom. The van der Waals surface area contributed by atoms with Crippen LogP contribution in [0.4, 0.5) is 14.6 Å². The van der Waals surface area contributed by atoms with Gasteiger partial charge in [0.05, 0.1) is 19.2 Å². The molecule has 27 heavy (non-hydrogen) atoms. The Morgan fingerprint density at radius 2 is 1.93 bits per heavy atom. The lowest BCUT2D eigenvalue weighted by Crippen LogP contribution is -2.15. The van der Waals surface area contributed by atoms with Crippen LogP contribution < -0.4 is 5.32 Å². The summed E-state index contributed by atoms with van der Waals surface area (Å²) >= 11 is 0. The number of fused-ring (bicyclic) bond motifs is 1. The highest BCUT2D eigenvalue weighted by Crippen LogP contribution is 2.15. The van der Waals surface area contributed by atoms with E-state index >= 15 is 0 Å². The number of carbonyl (C=O) groups is 1. The Hall–Kier alpha value is -3.55. The molecule has 0 saturated heterocycles. The molecule has 0 spiro atoms. The molecule has 0 unspecified atom stereocenters. The fourth-order valence-corrected chi connectivity index (χ4v) is 2.81. The van der Waals surface area contributed by atoms with Crippen molar-refractivity contribution in [2.75, 3.05) is 5.32 Å². The van der Waals surface area contributed by atoms with E-state index in [2.05, 4.69) is 20.5 Å². The summed E-state index contributed by atoms with van der Waals surface area (Å²) in [5.74, 6) is -1.76. The van der Waals surface area contributed by atoms with E-state index in [4.69, 9.17) is 0 Å². The highest BCUT2D eigenvalue weighted by molar-refractivity contribution is 5.92. The first-order valence-electron chi connectivity index (χ1n) is 8.27. The van der Waals surface area contributed by atoms with E-state index < -0.39 is 11.6 Å². The molecule has 2 N–H and O–H groups in total. The minimum Gasteiger partial charge on any atom is -0.361 e. The highest BCUT2D eigenvalue weighted by Gasteiger charge is 2.09. The molecule has 0 fully saturated rings. The average molecular weight is 367 g/mol. The number of nitrogens with zero attached hydrogens (tertiary/aromatic N) is 3. The number of rotatable bonds is 5. The van der Waals surface area contributed by atoms with Crippen molar-refractivity contribution >= 4 is 22.6 Å². The molecule has 2 aromatic carbocycles. The van der Waals surface area contributed by atoms with Crippen molar-refractivity contribution in [2.24, 2.45) is 0 Å². The van der Waals surface area contributed by atoms with Crippen molar-refractivity contribution in [3.63, 3.8) is 0 Å². The van der Waals surface area contributed by atoms with E-state index in [9.17, 15) is 13.6 Å². The van der Waals surface area contributed by atoms with Crippen LogP contribution in [0.5, 0.6) is 0 Å². The fraction of sp³-hybridized carbons (Fsp3) is 0.105. The lowest BCUT2D eigenvalue weighted by atomic mass is 10.1. The van der Waals surface area contributed by atoms with Crippen LogP contribution in [0.1, 0.15) is 11.1 Å². The molecule has 0 aliphatic rings. The molecule has 0 bridgehead atoms. The van der Waals surface area contributed by atoms with Gasteiger partial charge in [-0.2, -0.15) is 9.90 Å². The number of nitrogens with one attached hydrogen (secondary N) is 2. The zero-order valence-corrected chi connectivity index (χ0v) is 14.1. The lowest BCUT2D eigenvalue weighted by molar-refractivity contribution is -0.115. The molecule has 1 amide bonds. The Morgan fingerprint density at radius 1 is 1.07 bits per heavy atom. The fourth-order valence-electron chi connectivity index (χ4n) is 2.81. The number of hydrogen-bond donors (Lipinski definition) is 2. The lowest BCUT2D eigenvalue weighted by Gasteiger charge is -2.03. The number of anilines is 1. The van der Waals surface area contributed by atoms with Gasteiger partial charge in [0.25, 0.3) is 0 Å². The molecular formula is C19H15F2N5O. The molecule has 6 nitrogen and oxygen atoms in total. The van der Waals surface area contributed by atoms with Gasteiger partial charge in [-0.1, -0.05) is 18.2 Å². The first-order valence-corrected chi connectivity index (χ1v) is 8.27. The van der Waals surface area contributed by atoms with Crippen LogP contribution in [0, 0.1) is 11.6 Å². The third kappa shape index (κ3) is 3.84. The van der Waals surface area contributed by atoms with Crippen molar-refractivity contribution in [3.8, 4) is 0 Å². The molecule has 0 aliphatic heterocycles. The maximum Gasteiger partial charge on any atom is 0.230 e. The number of aromatic amines is 1. The van der Waals surface area contributed by atoms with Crippen molar-refractivity contribution < 1.29 is 13.6 Å². The standard InChI is InChI=1S/C19H15F2N5O/c20-15-4-2-13(7-16(15)21)11-26-23-10-18(25-26)24-19(27)9-12-1-3-14-5-6-22-17(14)8-12/h1-8,10,22H,9,11H2,(H,24,25,27). The normalized spacial score (nSPS) is 11.0. The van der Waals surface area contributed by atoms with Gasteiger partial charge in [-0.15, -0.1) is 5.10 Å². The molecule has 2 heterocycles. The molecular weight excluding hydrogens is 352 g/mol.